The molecular weight excluding hydrogens is 364 g/mol. The molecule has 2 aliphatic heterocycles. The van der Waals surface area contributed by atoms with Crippen LogP contribution in [0.15, 0.2) is 24.3 Å². The van der Waals surface area contributed by atoms with Crippen LogP contribution in [-0.4, -0.2) is 50.3 Å². The van der Waals surface area contributed by atoms with Crippen molar-refractivity contribution < 1.29 is 19.1 Å². The maximum absolute atomic E-state index is 13.0. The van der Waals surface area contributed by atoms with E-state index < -0.39 is 18.1 Å². The molecule has 1 aromatic heterocycles. The van der Waals surface area contributed by atoms with Crippen molar-refractivity contribution >= 4 is 40.3 Å². The Morgan fingerprint density at radius 3 is 2.89 bits per heavy atom. The molecule has 6 nitrogen and oxygen atoms in total. The van der Waals surface area contributed by atoms with Gasteiger partial charge < -0.3 is 14.6 Å². The summed E-state index contributed by atoms with van der Waals surface area (Å²) in [6.07, 6.45) is 0.282. The molecule has 142 valence electrons. The molecule has 0 bridgehead atoms. The smallest absolute Gasteiger partial charge is 0.330 e. The van der Waals surface area contributed by atoms with Gasteiger partial charge in [-0.1, -0.05) is 18.2 Å². The molecule has 0 spiro atoms. The molecule has 0 radical (unpaired) electrons. The van der Waals surface area contributed by atoms with Crippen molar-refractivity contribution in [3.8, 4) is 0 Å². The standard InChI is InChI=1S/C20H22N2O4S/c1-11-17(13-6-4-5-7-14(13)21-11)18(24)12(2)26-19(25)15-10-27-20(3)9-8-16(23)22(15)20/h4-7,12,15,21H,8-10H2,1-3H3/t12-,15-,20+/m1/s1. The number of ketones is 1. The van der Waals surface area contributed by atoms with Gasteiger partial charge in [0.05, 0.1) is 4.87 Å². The first kappa shape index (κ1) is 18.1. The minimum Gasteiger partial charge on any atom is -0.453 e. The van der Waals surface area contributed by atoms with Gasteiger partial charge in [-0.2, -0.15) is 0 Å². The third kappa shape index (κ3) is 2.84. The second-order valence-corrected chi connectivity index (χ2v) is 8.88. The molecular formula is C20H22N2O4S. The lowest BCUT2D eigenvalue weighted by molar-refractivity contribution is -0.155. The largest absolute Gasteiger partial charge is 0.453 e. The van der Waals surface area contributed by atoms with Gasteiger partial charge in [0, 0.05) is 34.3 Å². The normalized spacial score (nSPS) is 25.7. The molecule has 4 rings (SSSR count). The van der Waals surface area contributed by atoms with Crippen LogP contribution in [0.5, 0.6) is 0 Å². The lowest BCUT2D eigenvalue weighted by Gasteiger charge is -2.29. The lowest BCUT2D eigenvalue weighted by atomic mass is 10.0. The molecule has 0 aliphatic carbocycles. The van der Waals surface area contributed by atoms with Crippen LogP contribution in [0.25, 0.3) is 10.9 Å². The number of H-pyrrole nitrogens is 1. The number of aromatic nitrogens is 1. The average molecular weight is 386 g/mol. The molecule has 3 atom stereocenters. The SMILES string of the molecule is Cc1[nH]c2ccccc2c1C(=O)[C@@H](C)OC(=O)[C@H]1CS[C@@]2(C)CCC(=O)N12. The van der Waals surface area contributed by atoms with Crippen LogP contribution in [0.2, 0.25) is 0 Å². The fourth-order valence-corrected chi connectivity index (χ4v) is 5.52. The summed E-state index contributed by atoms with van der Waals surface area (Å²) >= 11 is 1.61. The van der Waals surface area contributed by atoms with E-state index in [9.17, 15) is 14.4 Å². The first-order valence-electron chi connectivity index (χ1n) is 9.10. The Labute approximate surface area is 161 Å². The second-order valence-electron chi connectivity index (χ2n) is 7.38. The minimum absolute atomic E-state index is 0.0177. The van der Waals surface area contributed by atoms with Crippen molar-refractivity contribution in [3.05, 3.63) is 35.5 Å². The molecule has 3 heterocycles. The third-order valence-corrected chi connectivity index (χ3v) is 7.02. The molecule has 0 unspecified atom stereocenters. The Morgan fingerprint density at radius 1 is 1.37 bits per heavy atom. The molecule has 2 aliphatic rings. The quantitative estimate of drug-likeness (QED) is 0.645. The summed E-state index contributed by atoms with van der Waals surface area (Å²) in [5.74, 6) is -0.246. The van der Waals surface area contributed by atoms with Gasteiger partial charge in [-0.25, -0.2) is 4.79 Å². The monoisotopic (exact) mass is 386 g/mol. The summed E-state index contributed by atoms with van der Waals surface area (Å²) in [5.41, 5.74) is 2.18. The van der Waals surface area contributed by atoms with E-state index in [1.165, 1.54) is 0 Å². The number of nitrogens with one attached hydrogen (secondary N) is 1. The minimum atomic E-state index is -0.912. The van der Waals surface area contributed by atoms with E-state index >= 15 is 0 Å². The van der Waals surface area contributed by atoms with Crippen LogP contribution in [0.1, 0.15) is 42.7 Å². The van der Waals surface area contributed by atoms with Crippen molar-refractivity contribution in [3.63, 3.8) is 0 Å². The maximum atomic E-state index is 13.0. The Bertz CT molecular complexity index is 953. The molecule has 0 saturated carbocycles. The second kappa shape index (κ2) is 6.41. The highest BCUT2D eigenvalue weighted by Crippen LogP contribution is 2.47. The number of fused-ring (bicyclic) bond motifs is 2. The van der Waals surface area contributed by atoms with Crippen molar-refractivity contribution in [2.75, 3.05) is 5.75 Å². The van der Waals surface area contributed by atoms with E-state index in [1.807, 2.05) is 38.1 Å². The number of esters is 1. The number of amides is 1. The van der Waals surface area contributed by atoms with Crippen LogP contribution >= 0.6 is 11.8 Å². The van der Waals surface area contributed by atoms with Gasteiger partial charge in [-0.05, 0) is 33.3 Å². The maximum Gasteiger partial charge on any atom is 0.330 e. The predicted octanol–water partition coefficient (Wildman–Crippen LogP) is 3.04. The summed E-state index contributed by atoms with van der Waals surface area (Å²) in [4.78, 5) is 42.4. The Hall–Kier alpha value is -2.28. The van der Waals surface area contributed by atoms with Crippen LogP contribution in [0, 0.1) is 6.92 Å². The Morgan fingerprint density at radius 2 is 2.11 bits per heavy atom. The van der Waals surface area contributed by atoms with E-state index in [0.29, 0.717) is 17.7 Å². The topological polar surface area (TPSA) is 79.5 Å². The van der Waals surface area contributed by atoms with Crippen LogP contribution in [0.3, 0.4) is 0 Å². The number of aryl methyl sites for hydroxylation is 1. The number of benzene rings is 1. The van der Waals surface area contributed by atoms with E-state index in [-0.39, 0.29) is 16.6 Å². The number of carbonyl (C=O) groups is 3. The number of hydrogen-bond acceptors (Lipinski definition) is 5. The zero-order valence-corrected chi connectivity index (χ0v) is 16.4. The van der Waals surface area contributed by atoms with Gasteiger partial charge in [0.15, 0.2) is 6.10 Å². The fourth-order valence-electron chi connectivity index (χ4n) is 4.10. The number of nitrogens with zero attached hydrogens (tertiary/aromatic N) is 1. The lowest BCUT2D eigenvalue weighted by Crippen LogP contribution is -2.47. The van der Waals surface area contributed by atoms with Gasteiger partial charge in [-0.15, -0.1) is 11.8 Å². The fraction of sp³-hybridized carbons (Fsp3) is 0.450. The molecule has 27 heavy (non-hydrogen) atoms. The summed E-state index contributed by atoms with van der Waals surface area (Å²) in [6.45, 7) is 5.41. The molecule has 1 aromatic carbocycles. The van der Waals surface area contributed by atoms with Crippen molar-refractivity contribution in [2.24, 2.45) is 0 Å². The summed E-state index contributed by atoms with van der Waals surface area (Å²) in [7, 11) is 0. The number of Topliss-reactive ketones (excluding diaryl/α,β-unsaturated/α-hetero) is 1. The van der Waals surface area contributed by atoms with Gasteiger partial charge in [0.25, 0.3) is 0 Å². The number of rotatable bonds is 4. The molecule has 2 aromatic rings. The first-order chi connectivity index (χ1) is 12.8. The number of carbonyl (C=O) groups excluding carboxylic acids is 3. The summed E-state index contributed by atoms with van der Waals surface area (Å²) in [5, 5.41) is 0.821. The number of aromatic amines is 1. The summed E-state index contributed by atoms with van der Waals surface area (Å²) in [6, 6.07) is 6.94. The number of para-hydroxylation sites is 1. The van der Waals surface area contributed by atoms with Gasteiger partial charge >= 0.3 is 5.97 Å². The summed E-state index contributed by atoms with van der Waals surface area (Å²) < 4.78 is 5.52. The zero-order valence-electron chi connectivity index (χ0n) is 15.6. The molecule has 7 heteroatoms. The first-order valence-corrected chi connectivity index (χ1v) is 10.1. The number of hydrogen-bond donors (Lipinski definition) is 1. The van der Waals surface area contributed by atoms with E-state index in [0.717, 1.165) is 23.0 Å². The number of ether oxygens (including phenoxy) is 1. The highest BCUT2D eigenvalue weighted by molar-refractivity contribution is 8.01. The molecule has 2 fully saturated rings. The average Bonchev–Trinajstić information content (AvgIpc) is 3.24. The molecule has 1 amide bonds. The van der Waals surface area contributed by atoms with E-state index in [1.54, 1.807) is 23.6 Å². The highest BCUT2D eigenvalue weighted by atomic mass is 32.2. The molecule has 1 N–H and O–H groups in total. The van der Waals surface area contributed by atoms with Crippen LogP contribution < -0.4 is 0 Å². The molecule has 2 saturated heterocycles. The van der Waals surface area contributed by atoms with Crippen molar-refractivity contribution in [1.29, 1.82) is 0 Å². The zero-order chi connectivity index (χ0) is 19.3. The van der Waals surface area contributed by atoms with Gasteiger partial charge in [-0.3, -0.25) is 9.59 Å². The van der Waals surface area contributed by atoms with Gasteiger partial charge in [0.2, 0.25) is 11.7 Å². The Balaban J connectivity index is 1.53. The van der Waals surface area contributed by atoms with Gasteiger partial charge in [0.1, 0.15) is 6.04 Å². The number of thioether (sulfide) groups is 1. The van der Waals surface area contributed by atoms with Crippen molar-refractivity contribution in [2.45, 2.75) is 50.6 Å². The van der Waals surface area contributed by atoms with E-state index in [4.69, 9.17) is 4.74 Å². The van der Waals surface area contributed by atoms with Crippen LogP contribution in [0.4, 0.5) is 0 Å². The van der Waals surface area contributed by atoms with Crippen LogP contribution in [-0.2, 0) is 14.3 Å². The predicted molar refractivity (Wildman–Crippen MR) is 104 cm³/mol. The third-order valence-electron chi connectivity index (χ3n) is 5.52. The van der Waals surface area contributed by atoms with E-state index in [2.05, 4.69) is 4.98 Å². The van der Waals surface area contributed by atoms with Crippen molar-refractivity contribution in [1.82, 2.24) is 9.88 Å². The highest BCUT2D eigenvalue weighted by Gasteiger charge is 2.53. The Kier molecular flexibility index (Phi) is 4.29.